The maximum atomic E-state index is 13.5. The van der Waals surface area contributed by atoms with Gasteiger partial charge < -0.3 is 5.32 Å². The summed E-state index contributed by atoms with van der Waals surface area (Å²) in [6.07, 6.45) is 1.73. The van der Waals surface area contributed by atoms with E-state index in [0.29, 0.717) is 5.56 Å². The monoisotopic (exact) mass is 230 g/mol. The highest BCUT2D eigenvalue weighted by Gasteiger charge is 2.03. The maximum absolute atomic E-state index is 13.5. The molecule has 1 N–H and O–H groups in total. The number of nitrogens with zero attached hydrogens (tertiary/aromatic N) is 1. The van der Waals surface area contributed by atoms with Crippen molar-refractivity contribution in [1.82, 2.24) is 4.98 Å². The van der Waals surface area contributed by atoms with Gasteiger partial charge in [0.25, 0.3) is 0 Å². The summed E-state index contributed by atoms with van der Waals surface area (Å²) in [7, 11) is 0. The molecule has 0 saturated carbocycles. The zero-order valence-corrected chi connectivity index (χ0v) is 10.00. The fourth-order valence-electron chi connectivity index (χ4n) is 1.65. The molecule has 0 aliphatic rings. The molecular formula is C14H15FN2. The van der Waals surface area contributed by atoms with Crippen molar-refractivity contribution in [3.8, 4) is 11.3 Å². The summed E-state index contributed by atoms with van der Waals surface area (Å²) >= 11 is 0. The van der Waals surface area contributed by atoms with Crippen LogP contribution in [0.25, 0.3) is 11.3 Å². The molecule has 0 unspecified atom stereocenters. The van der Waals surface area contributed by atoms with E-state index >= 15 is 0 Å². The number of rotatable bonds is 3. The molecular weight excluding hydrogens is 215 g/mol. The summed E-state index contributed by atoms with van der Waals surface area (Å²) in [5.74, 6) is -0.196. The van der Waals surface area contributed by atoms with Gasteiger partial charge in [0.15, 0.2) is 0 Å². The van der Waals surface area contributed by atoms with Crippen LogP contribution in [0.4, 0.5) is 10.1 Å². The molecule has 2 nitrogen and oxygen atoms in total. The first-order chi connectivity index (χ1) is 8.20. The van der Waals surface area contributed by atoms with Crippen LogP contribution in [0.15, 0.2) is 36.5 Å². The number of hydrogen-bond donors (Lipinski definition) is 1. The lowest BCUT2D eigenvalue weighted by Crippen LogP contribution is -1.97. The summed E-state index contributed by atoms with van der Waals surface area (Å²) in [5.41, 5.74) is 3.23. The third-order valence-electron chi connectivity index (χ3n) is 2.61. The highest BCUT2D eigenvalue weighted by atomic mass is 19.1. The van der Waals surface area contributed by atoms with Crippen LogP contribution in [0.2, 0.25) is 0 Å². The van der Waals surface area contributed by atoms with Crippen LogP contribution in [-0.2, 0) is 0 Å². The molecule has 0 saturated heterocycles. The van der Waals surface area contributed by atoms with Crippen molar-refractivity contribution in [3.05, 3.63) is 47.9 Å². The predicted octanol–water partition coefficient (Wildman–Crippen LogP) is 3.63. The molecule has 1 aromatic heterocycles. The average Bonchev–Trinajstić information content (AvgIpc) is 2.33. The van der Waals surface area contributed by atoms with Crippen LogP contribution in [-0.4, -0.2) is 11.5 Å². The van der Waals surface area contributed by atoms with Gasteiger partial charge in [-0.15, -0.1) is 0 Å². The fraction of sp³-hybridized carbons (Fsp3) is 0.214. The SMILES string of the molecule is CCNc1ccnc(-c2ccc(C)c(F)c2)c1. The molecule has 1 heterocycles. The highest BCUT2D eigenvalue weighted by molar-refractivity contribution is 5.64. The highest BCUT2D eigenvalue weighted by Crippen LogP contribution is 2.22. The Balaban J connectivity index is 2.38. The predicted molar refractivity (Wildman–Crippen MR) is 68.5 cm³/mol. The summed E-state index contributed by atoms with van der Waals surface area (Å²) in [6.45, 7) is 4.64. The molecule has 2 rings (SSSR count). The minimum atomic E-state index is -0.196. The standard InChI is InChI=1S/C14H15FN2/c1-3-16-12-6-7-17-14(9-12)11-5-4-10(2)13(15)8-11/h4-9H,3H2,1-2H3,(H,16,17). The van der Waals surface area contributed by atoms with Gasteiger partial charge in [-0.1, -0.05) is 12.1 Å². The molecule has 1 aromatic carbocycles. The van der Waals surface area contributed by atoms with E-state index in [0.717, 1.165) is 23.5 Å². The summed E-state index contributed by atoms with van der Waals surface area (Å²) in [4.78, 5) is 4.26. The number of anilines is 1. The van der Waals surface area contributed by atoms with Crippen molar-refractivity contribution in [2.24, 2.45) is 0 Å². The van der Waals surface area contributed by atoms with Crippen molar-refractivity contribution < 1.29 is 4.39 Å². The number of halogens is 1. The normalized spacial score (nSPS) is 10.3. The minimum Gasteiger partial charge on any atom is -0.385 e. The lowest BCUT2D eigenvalue weighted by atomic mass is 10.1. The van der Waals surface area contributed by atoms with E-state index in [1.165, 1.54) is 6.07 Å². The van der Waals surface area contributed by atoms with Gasteiger partial charge in [-0.3, -0.25) is 4.98 Å². The summed E-state index contributed by atoms with van der Waals surface area (Å²) in [6, 6.07) is 9.00. The Morgan fingerprint density at radius 2 is 2.06 bits per heavy atom. The van der Waals surface area contributed by atoms with Crippen molar-refractivity contribution in [2.45, 2.75) is 13.8 Å². The van der Waals surface area contributed by atoms with Gasteiger partial charge in [-0.05, 0) is 37.6 Å². The molecule has 17 heavy (non-hydrogen) atoms. The first kappa shape index (κ1) is 11.6. The number of aromatic nitrogens is 1. The molecule has 0 aliphatic carbocycles. The molecule has 0 radical (unpaired) electrons. The Kier molecular flexibility index (Phi) is 3.38. The van der Waals surface area contributed by atoms with Crippen LogP contribution in [0.3, 0.4) is 0 Å². The number of hydrogen-bond acceptors (Lipinski definition) is 2. The fourth-order valence-corrected chi connectivity index (χ4v) is 1.65. The van der Waals surface area contributed by atoms with E-state index in [2.05, 4.69) is 10.3 Å². The van der Waals surface area contributed by atoms with Gasteiger partial charge in [-0.2, -0.15) is 0 Å². The van der Waals surface area contributed by atoms with Gasteiger partial charge >= 0.3 is 0 Å². The van der Waals surface area contributed by atoms with Gasteiger partial charge in [0, 0.05) is 24.0 Å². The zero-order valence-electron chi connectivity index (χ0n) is 10.00. The molecule has 0 amide bonds. The van der Waals surface area contributed by atoms with Crippen molar-refractivity contribution in [3.63, 3.8) is 0 Å². The lowest BCUT2D eigenvalue weighted by molar-refractivity contribution is 0.619. The largest absolute Gasteiger partial charge is 0.385 e. The average molecular weight is 230 g/mol. The summed E-state index contributed by atoms with van der Waals surface area (Å²) < 4.78 is 13.5. The Morgan fingerprint density at radius 3 is 2.76 bits per heavy atom. The van der Waals surface area contributed by atoms with E-state index in [-0.39, 0.29) is 5.82 Å². The molecule has 0 bridgehead atoms. The number of nitrogens with one attached hydrogen (secondary N) is 1. The minimum absolute atomic E-state index is 0.196. The molecule has 0 spiro atoms. The van der Waals surface area contributed by atoms with E-state index in [9.17, 15) is 4.39 Å². The first-order valence-corrected chi connectivity index (χ1v) is 5.67. The van der Waals surface area contributed by atoms with E-state index in [1.54, 1.807) is 19.2 Å². The van der Waals surface area contributed by atoms with Crippen LogP contribution in [0.1, 0.15) is 12.5 Å². The van der Waals surface area contributed by atoms with Gasteiger partial charge in [0.2, 0.25) is 0 Å². The Bertz CT molecular complexity index is 523. The van der Waals surface area contributed by atoms with E-state index in [4.69, 9.17) is 0 Å². The third-order valence-corrected chi connectivity index (χ3v) is 2.61. The molecule has 2 aromatic rings. The van der Waals surface area contributed by atoms with Crippen LogP contribution < -0.4 is 5.32 Å². The maximum Gasteiger partial charge on any atom is 0.126 e. The van der Waals surface area contributed by atoms with Crippen molar-refractivity contribution in [1.29, 1.82) is 0 Å². The van der Waals surface area contributed by atoms with Crippen molar-refractivity contribution in [2.75, 3.05) is 11.9 Å². The van der Waals surface area contributed by atoms with E-state index < -0.39 is 0 Å². The third kappa shape index (κ3) is 2.61. The molecule has 0 atom stereocenters. The second-order valence-electron chi connectivity index (χ2n) is 3.92. The second kappa shape index (κ2) is 4.95. The molecule has 88 valence electrons. The van der Waals surface area contributed by atoms with Gasteiger partial charge in [0.05, 0.1) is 5.69 Å². The number of pyridine rings is 1. The Hall–Kier alpha value is -1.90. The molecule has 0 aliphatic heterocycles. The molecule has 3 heteroatoms. The Morgan fingerprint density at radius 1 is 1.24 bits per heavy atom. The summed E-state index contributed by atoms with van der Waals surface area (Å²) in [5, 5.41) is 3.21. The van der Waals surface area contributed by atoms with Crippen molar-refractivity contribution >= 4 is 5.69 Å². The van der Waals surface area contributed by atoms with Crippen LogP contribution in [0, 0.1) is 12.7 Å². The first-order valence-electron chi connectivity index (χ1n) is 5.67. The van der Waals surface area contributed by atoms with Gasteiger partial charge in [-0.25, -0.2) is 4.39 Å². The quantitative estimate of drug-likeness (QED) is 0.871. The number of benzene rings is 1. The lowest BCUT2D eigenvalue weighted by Gasteiger charge is -2.06. The van der Waals surface area contributed by atoms with Crippen LogP contribution >= 0.6 is 0 Å². The Labute approximate surface area is 101 Å². The molecule has 0 fully saturated rings. The zero-order chi connectivity index (χ0) is 12.3. The van der Waals surface area contributed by atoms with Gasteiger partial charge in [0.1, 0.15) is 5.82 Å². The van der Waals surface area contributed by atoms with Crippen LogP contribution in [0.5, 0.6) is 0 Å². The smallest absolute Gasteiger partial charge is 0.126 e. The number of aryl methyl sites for hydroxylation is 1. The van der Waals surface area contributed by atoms with E-state index in [1.807, 2.05) is 25.1 Å². The topological polar surface area (TPSA) is 24.9 Å². The second-order valence-corrected chi connectivity index (χ2v) is 3.92.